The molecule has 0 spiro atoms. The van der Waals surface area contributed by atoms with Crippen molar-refractivity contribution in [3.63, 3.8) is 0 Å². The van der Waals surface area contributed by atoms with Gasteiger partial charge in [0.05, 0.1) is 19.3 Å². The molecule has 1 amide bonds. The lowest BCUT2D eigenvalue weighted by Gasteiger charge is -2.38. The van der Waals surface area contributed by atoms with Gasteiger partial charge in [0, 0.05) is 30.9 Å². The molecule has 0 aliphatic carbocycles. The normalized spacial score (nSPS) is 21.2. The van der Waals surface area contributed by atoms with Gasteiger partial charge in [-0.2, -0.15) is 0 Å². The molecule has 1 atom stereocenters. The average molecular weight is 360 g/mol. The summed E-state index contributed by atoms with van der Waals surface area (Å²) < 4.78 is 11.4. The zero-order valence-electron chi connectivity index (χ0n) is 16.2. The van der Waals surface area contributed by atoms with Crippen LogP contribution in [0.4, 0.5) is 5.69 Å². The number of piperidine rings is 1. The fraction of sp³-hybridized carbons (Fsp3) is 0.667. The highest BCUT2D eigenvalue weighted by molar-refractivity contribution is 5.94. The van der Waals surface area contributed by atoms with Gasteiger partial charge in [0.15, 0.2) is 6.29 Å². The predicted molar refractivity (Wildman–Crippen MR) is 104 cm³/mol. The van der Waals surface area contributed by atoms with E-state index in [2.05, 4.69) is 30.9 Å². The van der Waals surface area contributed by atoms with E-state index in [0.29, 0.717) is 13.2 Å². The first-order chi connectivity index (χ1) is 12.7. The molecular formula is C21H32N2O3. The van der Waals surface area contributed by atoms with Gasteiger partial charge in [-0.15, -0.1) is 0 Å². The number of hydrogen-bond acceptors (Lipinski definition) is 4. The largest absolute Gasteiger partial charge is 0.372 e. The zero-order valence-corrected chi connectivity index (χ0v) is 16.2. The van der Waals surface area contributed by atoms with Gasteiger partial charge in [0.1, 0.15) is 0 Å². The molecule has 1 unspecified atom stereocenters. The first kappa shape index (κ1) is 19.2. The molecule has 1 aromatic rings. The average Bonchev–Trinajstić information content (AvgIpc) is 3.23. The number of unbranched alkanes of at least 4 members (excludes halogenated alkanes) is 1. The highest BCUT2D eigenvalue weighted by atomic mass is 16.7. The van der Waals surface area contributed by atoms with Gasteiger partial charge < -0.3 is 19.3 Å². The van der Waals surface area contributed by atoms with E-state index < -0.39 is 0 Å². The Bertz CT molecular complexity index is 569. The van der Waals surface area contributed by atoms with Crippen LogP contribution >= 0.6 is 0 Å². The second kappa shape index (κ2) is 9.38. The Morgan fingerprint density at radius 2 is 1.88 bits per heavy atom. The molecule has 26 heavy (non-hydrogen) atoms. The molecule has 0 bridgehead atoms. The molecule has 1 aromatic carbocycles. The zero-order chi connectivity index (χ0) is 18.4. The van der Waals surface area contributed by atoms with E-state index >= 15 is 0 Å². The number of anilines is 1. The number of rotatable bonds is 7. The Morgan fingerprint density at radius 3 is 2.54 bits per heavy atom. The second-order valence-corrected chi connectivity index (χ2v) is 7.15. The van der Waals surface area contributed by atoms with Crippen LogP contribution in [0.5, 0.6) is 0 Å². The fourth-order valence-electron chi connectivity index (χ4n) is 3.89. The van der Waals surface area contributed by atoms with Crippen molar-refractivity contribution in [1.29, 1.82) is 0 Å². The summed E-state index contributed by atoms with van der Waals surface area (Å²) >= 11 is 0. The smallest absolute Gasteiger partial charge is 0.254 e. The topological polar surface area (TPSA) is 42.0 Å². The molecule has 2 aliphatic rings. The molecule has 3 rings (SSSR count). The van der Waals surface area contributed by atoms with E-state index in [-0.39, 0.29) is 18.2 Å². The number of hydrogen-bond donors (Lipinski definition) is 0. The van der Waals surface area contributed by atoms with Crippen molar-refractivity contribution in [1.82, 2.24) is 4.90 Å². The van der Waals surface area contributed by atoms with E-state index in [0.717, 1.165) is 44.5 Å². The number of amides is 1. The molecule has 2 heterocycles. The maximum atomic E-state index is 13.1. The van der Waals surface area contributed by atoms with Crippen LogP contribution in [0.1, 0.15) is 56.3 Å². The minimum Gasteiger partial charge on any atom is -0.372 e. The van der Waals surface area contributed by atoms with Crippen molar-refractivity contribution >= 4 is 11.6 Å². The van der Waals surface area contributed by atoms with Gasteiger partial charge in [0.2, 0.25) is 0 Å². The number of ether oxygens (including phenoxy) is 2. The Labute approximate surface area is 157 Å². The Hall–Kier alpha value is -1.59. The highest BCUT2D eigenvalue weighted by Crippen LogP contribution is 2.26. The van der Waals surface area contributed by atoms with E-state index in [1.807, 2.05) is 17.0 Å². The minimum atomic E-state index is -0.261. The van der Waals surface area contributed by atoms with Crippen LogP contribution in [0.15, 0.2) is 24.3 Å². The Balaban J connectivity index is 1.69. The highest BCUT2D eigenvalue weighted by Gasteiger charge is 2.36. The Kier molecular flexibility index (Phi) is 6.92. The minimum absolute atomic E-state index is 0.0371. The lowest BCUT2D eigenvalue weighted by molar-refractivity contribution is -0.100. The van der Waals surface area contributed by atoms with Crippen LogP contribution in [0.25, 0.3) is 0 Å². The van der Waals surface area contributed by atoms with Crippen LogP contribution < -0.4 is 4.90 Å². The molecular weight excluding hydrogens is 328 g/mol. The van der Waals surface area contributed by atoms with Crippen LogP contribution in [0, 0.1) is 0 Å². The van der Waals surface area contributed by atoms with Crippen molar-refractivity contribution in [2.75, 3.05) is 37.7 Å². The Morgan fingerprint density at radius 1 is 1.15 bits per heavy atom. The van der Waals surface area contributed by atoms with Gasteiger partial charge in [-0.05, 0) is 56.9 Å². The van der Waals surface area contributed by atoms with E-state index in [1.165, 1.54) is 18.5 Å². The van der Waals surface area contributed by atoms with E-state index in [4.69, 9.17) is 9.47 Å². The number of benzene rings is 1. The molecule has 2 fully saturated rings. The van der Waals surface area contributed by atoms with Crippen LogP contribution in [0.3, 0.4) is 0 Å². The molecule has 144 valence electrons. The third-order valence-electron chi connectivity index (χ3n) is 5.41. The van der Waals surface area contributed by atoms with Gasteiger partial charge >= 0.3 is 0 Å². The maximum Gasteiger partial charge on any atom is 0.254 e. The number of carbonyl (C=O) groups is 1. The van der Waals surface area contributed by atoms with Gasteiger partial charge in [-0.25, -0.2) is 0 Å². The number of likely N-dealkylation sites (tertiary alicyclic amines) is 1. The summed E-state index contributed by atoms with van der Waals surface area (Å²) in [5.41, 5.74) is 1.94. The molecule has 2 saturated heterocycles. The predicted octanol–water partition coefficient (Wildman–Crippen LogP) is 3.68. The first-order valence-electron chi connectivity index (χ1n) is 10.1. The van der Waals surface area contributed by atoms with Crippen molar-refractivity contribution in [2.24, 2.45) is 0 Å². The monoisotopic (exact) mass is 360 g/mol. The molecule has 0 saturated carbocycles. The summed E-state index contributed by atoms with van der Waals surface area (Å²) in [6, 6.07) is 8.12. The third kappa shape index (κ3) is 4.38. The molecule has 0 aromatic heterocycles. The van der Waals surface area contributed by atoms with Crippen molar-refractivity contribution in [3.05, 3.63) is 29.8 Å². The third-order valence-corrected chi connectivity index (χ3v) is 5.41. The summed E-state index contributed by atoms with van der Waals surface area (Å²) in [7, 11) is 0. The standard InChI is InChI=1S/C21H32N2O3/c1-3-5-13-22(4-2)18-11-9-17(10-12-18)20(24)23-14-7-6-8-19(23)21-25-15-16-26-21/h9-12,19,21H,3-8,13-16H2,1-2H3. The first-order valence-corrected chi connectivity index (χ1v) is 10.1. The molecule has 5 heteroatoms. The summed E-state index contributed by atoms with van der Waals surface area (Å²) in [6.45, 7) is 8.47. The van der Waals surface area contributed by atoms with Crippen molar-refractivity contribution in [2.45, 2.75) is 58.3 Å². The lowest BCUT2D eigenvalue weighted by atomic mass is 10.00. The number of carbonyl (C=O) groups excluding carboxylic acids is 1. The summed E-state index contributed by atoms with van der Waals surface area (Å²) in [4.78, 5) is 17.4. The van der Waals surface area contributed by atoms with Crippen LogP contribution in [-0.4, -0.2) is 56.0 Å². The second-order valence-electron chi connectivity index (χ2n) is 7.15. The fourth-order valence-corrected chi connectivity index (χ4v) is 3.89. The van der Waals surface area contributed by atoms with Crippen molar-refractivity contribution < 1.29 is 14.3 Å². The van der Waals surface area contributed by atoms with Gasteiger partial charge in [-0.3, -0.25) is 4.79 Å². The summed E-state index contributed by atoms with van der Waals surface area (Å²) in [5.74, 6) is 0.0944. The van der Waals surface area contributed by atoms with E-state index in [9.17, 15) is 4.79 Å². The van der Waals surface area contributed by atoms with E-state index in [1.54, 1.807) is 0 Å². The molecule has 0 radical (unpaired) electrons. The SMILES string of the molecule is CCCCN(CC)c1ccc(C(=O)N2CCCCC2C2OCCO2)cc1. The maximum absolute atomic E-state index is 13.1. The summed E-state index contributed by atoms with van der Waals surface area (Å²) in [6.07, 6.45) is 5.24. The molecule has 5 nitrogen and oxygen atoms in total. The lowest BCUT2D eigenvalue weighted by Crippen LogP contribution is -2.50. The van der Waals surface area contributed by atoms with Crippen LogP contribution in [0.2, 0.25) is 0 Å². The number of nitrogens with zero attached hydrogens (tertiary/aromatic N) is 2. The van der Waals surface area contributed by atoms with Crippen LogP contribution in [-0.2, 0) is 9.47 Å². The quantitative estimate of drug-likeness (QED) is 0.744. The van der Waals surface area contributed by atoms with Crippen molar-refractivity contribution in [3.8, 4) is 0 Å². The summed E-state index contributed by atoms with van der Waals surface area (Å²) in [5, 5.41) is 0. The van der Waals surface area contributed by atoms with Gasteiger partial charge in [0.25, 0.3) is 5.91 Å². The molecule has 0 N–H and O–H groups in total. The van der Waals surface area contributed by atoms with Gasteiger partial charge in [-0.1, -0.05) is 13.3 Å². The molecule has 2 aliphatic heterocycles.